The molecule has 3 nitrogen and oxygen atoms in total. The number of esters is 1. The predicted molar refractivity (Wildman–Crippen MR) is 92.8 cm³/mol. The zero-order valence-electron chi connectivity index (χ0n) is 13.9. The first-order valence-electron chi connectivity index (χ1n) is 8.35. The van der Waals surface area contributed by atoms with E-state index in [9.17, 15) is 14.3 Å². The monoisotopic (exact) mass is 330 g/mol. The highest BCUT2D eigenvalue weighted by molar-refractivity contribution is 5.77. The molecule has 128 valence electrons. The van der Waals surface area contributed by atoms with Gasteiger partial charge in [0.2, 0.25) is 0 Å². The van der Waals surface area contributed by atoms with Gasteiger partial charge in [0.1, 0.15) is 11.5 Å². The van der Waals surface area contributed by atoms with Gasteiger partial charge in [-0.05, 0) is 48.2 Å². The third-order valence-corrected chi connectivity index (χ3v) is 3.84. The van der Waals surface area contributed by atoms with E-state index in [4.69, 9.17) is 4.74 Å². The molecule has 0 bridgehead atoms. The van der Waals surface area contributed by atoms with Crippen molar-refractivity contribution in [1.82, 2.24) is 0 Å². The molecule has 0 aliphatic heterocycles. The van der Waals surface area contributed by atoms with E-state index in [1.807, 2.05) is 0 Å². The van der Waals surface area contributed by atoms with Gasteiger partial charge >= 0.3 is 5.97 Å². The first kappa shape index (κ1) is 18.0. The van der Waals surface area contributed by atoms with Crippen molar-refractivity contribution in [3.8, 4) is 22.6 Å². The number of rotatable bonds is 8. The summed E-state index contributed by atoms with van der Waals surface area (Å²) in [5.74, 6) is -0.292. The largest absolute Gasteiger partial charge is 0.508 e. The van der Waals surface area contributed by atoms with Crippen molar-refractivity contribution in [2.75, 3.05) is 0 Å². The van der Waals surface area contributed by atoms with Crippen LogP contribution in [-0.2, 0) is 4.79 Å². The Balaban J connectivity index is 1.89. The van der Waals surface area contributed by atoms with Gasteiger partial charge in [-0.25, -0.2) is 9.18 Å². The van der Waals surface area contributed by atoms with Crippen LogP contribution < -0.4 is 4.74 Å². The maximum absolute atomic E-state index is 13.8. The van der Waals surface area contributed by atoms with E-state index < -0.39 is 12.1 Å². The number of carbonyl (C=O) groups excluding carboxylic acids is 1. The molecule has 1 N–H and O–H groups in total. The van der Waals surface area contributed by atoms with Crippen LogP contribution in [0.4, 0.5) is 4.39 Å². The van der Waals surface area contributed by atoms with Gasteiger partial charge in [-0.15, -0.1) is 0 Å². The van der Waals surface area contributed by atoms with Gasteiger partial charge in [0.15, 0.2) is 6.17 Å². The smallest absolute Gasteiger partial charge is 0.346 e. The molecule has 4 heteroatoms. The van der Waals surface area contributed by atoms with Crippen LogP contribution in [0.15, 0.2) is 48.5 Å². The second kappa shape index (κ2) is 9.06. The number of halogens is 1. The van der Waals surface area contributed by atoms with E-state index in [-0.39, 0.29) is 12.2 Å². The van der Waals surface area contributed by atoms with Crippen LogP contribution in [0, 0.1) is 0 Å². The molecule has 2 aromatic rings. The van der Waals surface area contributed by atoms with Gasteiger partial charge in [-0.3, -0.25) is 0 Å². The van der Waals surface area contributed by atoms with E-state index in [1.165, 1.54) is 0 Å². The number of hydrogen-bond acceptors (Lipinski definition) is 3. The molecule has 0 saturated heterocycles. The predicted octanol–water partition coefficient (Wildman–Crippen LogP) is 5.27. The van der Waals surface area contributed by atoms with Gasteiger partial charge in [0, 0.05) is 0 Å². The average Bonchev–Trinajstić information content (AvgIpc) is 2.60. The Morgan fingerprint density at radius 3 is 2.17 bits per heavy atom. The molecule has 24 heavy (non-hydrogen) atoms. The summed E-state index contributed by atoms with van der Waals surface area (Å²) < 4.78 is 18.9. The summed E-state index contributed by atoms with van der Waals surface area (Å²) in [5.41, 5.74) is 1.86. The number of alkyl halides is 1. The fourth-order valence-electron chi connectivity index (χ4n) is 2.42. The normalized spacial score (nSPS) is 11.9. The minimum absolute atomic E-state index is 0.206. The quantitative estimate of drug-likeness (QED) is 0.407. The molecule has 0 spiro atoms. The van der Waals surface area contributed by atoms with Crippen LogP contribution in [0.5, 0.6) is 11.5 Å². The van der Waals surface area contributed by atoms with Crippen molar-refractivity contribution in [3.05, 3.63) is 48.5 Å². The molecule has 0 amide bonds. The maximum atomic E-state index is 13.8. The van der Waals surface area contributed by atoms with Crippen molar-refractivity contribution in [3.63, 3.8) is 0 Å². The van der Waals surface area contributed by atoms with Crippen molar-refractivity contribution >= 4 is 5.97 Å². The van der Waals surface area contributed by atoms with Crippen molar-refractivity contribution in [1.29, 1.82) is 0 Å². The summed E-state index contributed by atoms with van der Waals surface area (Å²) in [4.78, 5) is 11.7. The molecule has 2 rings (SSSR count). The average molecular weight is 330 g/mol. The molecule has 1 unspecified atom stereocenters. The van der Waals surface area contributed by atoms with Crippen molar-refractivity contribution in [2.24, 2.45) is 0 Å². The fraction of sp³-hybridized carbons (Fsp3) is 0.350. The Bertz CT molecular complexity index is 635. The van der Waals surface area contributed by atoms with E-state index in [2.05, 4.69) is 6.92 Å². The summed E-state index contributed by atoms with van der Waals surface area (Å²) in [7, 11) is 0. The number of unbranched alkanes of at least 4 members (excludes halogenated alkanes) is 3. The SMILES string of the molecule is CCCCCCC(F)C(=O)Oc1ccc(-c2ccc(O)cc2)cc1. The van der Waals surface area contributed by atoms with Gasteiger partial charge in [0.05, 0.1) is 0 Å². The molecule has 0 aromatic heterocycles. The Hall–Kier alpha value is -2.36. The highest BCUT2D eigenvalue weighted by Gasteiger charge is 2.19. The molecule has 0 saturated carbocycles. The number of phenols is 1. The Morgan fingerprint density at radius 2 is 1.58 bits per heavy atom. The van der Waals surface area contributed by atoms with Gasteiger partial charge in [-0.1, -0.05) is 50.5 Å². The zero-order valence-corrected chi connectivity index (χ0v) is 13.9. The van der Waals surface area contributed by atoms with E-state index in [1.54, 1.807) is 48.5 Å². The van der Waals surface area contributed by atoms with Gasteiger partial charge in [-0.2, -0.15) is 0 Å². The molecule has 0 radical (unpaired) electrons. The molecule has 0 aliphatic rings. The second-order valence-corrected chi connectivity index (χ2v) is 5.81. The molecule has 2 aromatic carbocycles. The maximum Gasteiger partial charge on any atom is 0.346 e. The van der Waals surface area contributed by atoms with Crippen LogP contribution in [-0.4, -0.2) is 17.2 Å². The number of hydrogen-bond donors (Lipinski definition) is 1. The van der Waals surface area contributed by atoms with E-state index in [0.717, 1.165) is 30.4 Å². The van der Waals surface area contributed by atoms with Crippen LogP contribution in [0.1, 0.15) is 39.0 Å². The lowest BCUT2D eigenvalue weighted by Gasteiger charge is -2.09. The van der Waals surface area contributed by atoms with Crippen molar-refractivity contribution in [2.45, 2.75) is 45.2 Å². The first-order chi connectivity index (χ1) is 11.6. The Labute approximate surface area is 142 Å². The third-order valence-electron chi connectivity index (χ3n) is 3.84. The standard InChI is InChI=1S/C20H23FO3/c1-2-3-4-5-6-19(21)20(23)24-18-13-9-16(10-14-18)15-7-11-17(22)12-8-15/h7-14,19,22H,2-6H2,1H3. The number of benzene rings is 2. The van der Waals surface area contributed by atoms with Crippen molar-refractivity contribution < 1.29 is 19.0 Å². The number of ether oxygens (including phenoxy) is 1. The van der Waals surface area contributed by atoms with Crippen LogP contribution >= 0.6 is 0 Å². The first-order valence-corrected chi connectivity index (χ1v) is 8.35. The topological polar surface area (TPSA) is 46.5 Å². The number of phenolic OH excluding ortho intramolecular Hbond substituents is 1. The van der Waals surface area contributed by atoms with Crippen LogP contribution in [0.25, 0.3) is 11.1 Å². The lowest BCUT2D eigenvalue weighted by molar-refractivity contribution is -0.140. The van der Waals surface area contributed by atoms with Crippen LogP contribution in [0.2, 0.25) is 0 Å². The summed E-state index contributed by atoms with van der Waals surface area (Å²) in [6, 6.07) is 13.7. The molecule has 0 fully saturated rings. The number of carbonyl (C=O) groups is 1. The third kappa shape index (κ3) is 5.37. The minimum Gasteiger partial charge on any atom is -0.508 e. The Morgan fingerprint density at radius 1 is 1.00 bits per heavy atom. The summed E-state index contributed by atoms with van der Waals surface area (Å²) >= 11 is 0. The molecule has 1 atom stereocenters. The summed E-state index contributed by atoms with van der Waals surface area (Å²) in [6.07, 6.45) is 2.41. The second-order valence-electron chi connectivity index (χ2n) is 5.81. The highest BCUT2D eigenvalue weighted by atomic mass is 19.1. The minimum atomic E-state index is -1.57. The lowest BCUT2D eigenvalue weighted by atomic mass is 10.1. The fourth-order valence-corrected chi connectivity index (χ4v) is 2.42. The van der Waals surface area contributed by atoms with E-state index >= 15 is 0 Å². The lowest BCUT2D eigenvalue weighted by Crippen LogP contribution is -2.21. The molecular weight excluding hydrogens is 307 g/mol. The zero-order chi connectivity index (χ0) is 17.4. The molecule has 0 aliphatic carbocycles. The number of aromatic hydroxyl groups is 1. The summed E-state index contributed by atoms with van der Waals surface area (Å²) in [5, 5.41) is 9.30. The molecule has 0 heterocycles. The highest BCUT2D eigenvalue weighted by Crippen LogP contribution is 2.24. The molecular formula is C20H23FO3. The van der Waals surface area contributed by atoms with Gasteiger partial charge in [0.25, 0.3) is 0 Å². The van der Waals surface area contributed by atoms with Gasteiger partial charge < -0.3 is 9.84 Å². The van der Waals surface area contributed by atoms with E-state index in [0.29, 0.717) is 12.2 Å². The Kier molecular flexibility index (Phi) is 6.79. The summed E-state index contributed by atoms with van der Waals surface area (Å²) in [6.45, 7) is 2.09. The van der Waals surface area contributed by atoms with Crippen LogP contribution in [0.3, 0.4) is 0 Å².